The summed E-state index contributed by atoms with van der Waals surface area (Å²) in [5.74, 6) is -0.533. The first-order valence-corrected chi connectivity index (χ1v) is 17.6. The van der Waals surface area contributed by atoms with Crippen LogP contribution in [-0.2, 0) is 45.1 Å². The van der Waals surface area contributed by atoms with Crippen molar-refractivity contribution in [3.8, 4) is 0 Å². The van der Waals surface area contributed by atoms with Gasteiger partial charge in [0.15, 0.2) is 6.29 Å². The molecule has 0 saturated carbocycles. The van der Waals surface area contributed by atoms with Crippen molar-refractivity contribution in [1.29, 1.82) is 0 Å². The second kappa shape index (κ2) is 18.3. The molecule has 1 saturated heterocycles. The Hall–Kier alpha value is -5.32. The fourth-order valence-electron chi connectivity index (χ4n) is 6.46. The summed E-state index contributed by atoms with van der Waals surface area (Å²) < 4.78 is 18.3. The van der Waals surface area contributed by atoms with Gasteiger partial charge >= 0.3 is 12.0 Å². The van der Waals surface area contributed by atoms with E-state index in [2.05, 4.69) is 64.1 Å². The molecule has 1 aliphatic rings. The monoisotopic (exact) mass is 699 g/mol. The maximum atomic E-state index is 13.2. The molecule has 0 aliphatic carbocycles. The zero-order chi connectivity index (χ0) is 36.1. The number of hydrogen-bond acceptors (Lipinski definition) is 7. The minimum Gasteiger partial charge on any atom is -0.467 e. The van der Waals surface area contributed by atoms with E-state index in [-0.39, 0.29) is 18.8 Å². The highest BCUT2D eigenvalue weighted by Crippen LogP contribution is 2.39. The molecule has 0 radical (unpaired) electrons. The van der Waals surface area contributed by atoms with Gasteiger partial charge in [-0.3, -0.25) is 4.90 Å². The molecule has 1 aliphatic heterocycles. The third-order valence-electron chi connectivity index (χ3n) is 9.07. The summed E-state index contributed by atoms with van der Waals surface area (Å²) in [7, 11) is 1.30. The van der Waals surface area contributed by atoms with Gasteiger partial charge in [-0.1, -0.05) is 127 Å². The van der Waals surface area contributed by atoms with Crippen molar-refractivity contribution in [2.24, 2.45) is 0 Å². The first-order valence-electron chi connectivity index (χ1n) is 17.6. The number of anilines is 1. The smallest absolute Gasteiger partial charge is 0.328 e. The number of nitrogens with one attached hydrogen (secondary N) is 2. The lowest BCUT2D eigenvalue weighted by atomic mass is 9.99. The molecule has 52 heavy (non-hydrogen) atoms. The van der Waals surface area contributed by atoms with Gasteiger partial charge in [0.2, 0.25) is 0 Å². The lowest BCUT2D eigenvalue weighted by molar-refractivity contribution is -0.253. The summed E-state index contributed by atoms with van der Waals surface area (Å²) >= 11 is 0. The number of hydrogen-bond donors (Lipinski definition) is 3. The predicted octanol–water partition coefficient (Wildman–Crippen LogP) is 7.33. The zero-order valence-corrected chi connectivity index (χ0v) is 29.3. The van der Waals surface area contributed by atoms with Crippen LogP contribution >= 0.6 is 0 Å². The maximum absolute atomic E-state index is 13.2. The highest BCUT2D eigenvalue weighted by atomic mass is 16.7. The molecule has 1 fully saturated rings. The molecule has 9 nitrogen and oxygen atoms in total. The number of benzene rings is 5. The summed E-state index contributed by atoms with van der Waals surface area (Å²) in [6.07, 6.45) is -0.260. The van der Waals surface area contributed by atoms with Crippen molar-refractivity contribution in [2.75, 3.05) is 19.0 Å². The van der Waals surface area contributed by atoms with Crippen LogP contribution in [0.1, 0.15) is 52.2 Å². The molecule has 4 unspecified atom stereocenters. The standard InChI is InChI=1S/C43H45N3O6/c1-50-41(48)39(24-31-12-5-2-6-13-31)45-43(49)44-37-19-11-18-36(25-37)42-51-38(26-40(52-42)35-22-20-34(30-47)21-23-35)29-46(27-32-14-7-3-8-15-32)28-33-16-9-4-10-17-33/h2-23,25,38-40,42,47H,24,26-30H2,1H3,(H2,44,45,49). The molecule has 3 N–H and O–H groups in total. The van der Waals surface area contributed by atoms with Crippen LogP contribution in [0.25, 0.3) is 0 Å². The van der Waals surface area contributed by atoms with E-state index in [1.165, 1.54) is 18.2 Å². The zero-order valence-electron chi connectivity index (χ0n) is 29.3. The van der Waals surface area contributed by atoms with E-state index in [0.29, 0.717) is 25.1 Å². The van der Waals surface area contributed by atoms with Gasteiger partial charge in [0.05, 0.1) is 25.9 Å². The lowest BCUT2D eigenvalue weighted by Crippen LogP contribution is -2.45. The van der Waals surface area contributed by atoms with Crippen LogP contribution < -0.4 is 10.6 Å². The quantitative estimate of drug-likeness (QED) is 0.104. The summed E-state index contributed by atoms with van der Waals surface area (Å²) in [6, 6.07) is 44.1. The second-order valence-electron chi connectivity index (χ2n) is 13.0. The molecule has 9 heteroatoms. The summed E-state index contributed by atoms with van der Waals surface area (Å²) in [6.45, 7) is 2.13. The molecule has 2 amide bonds. The van der Waals surface area contributed by atoms with Crippen LogP contribution in [0.4, 0.5) is 10.5 Å². The largest absolute Gasteiger partial charge is 0.467 e. The predicted molar refractivity (Wildman–Crippen MR) is 200 cm³/mol. The molecule has 0 spiro atoms. The van der Waals surface area contributed by atoms with Crippen LogP contribution in [0, 0.1) is 0 Å². The van der Waals surface area contributed by atoms with Crippen LogP contribution in [0.5, 0.6) is 0 Å². The number of aliphatic hydroxyl groups is 1. The van der Waals surface area contributed by atoms with Crippen LogP contribution in [0.3, 0.4) is 0 Å². The third-order valence-corrected chi connectivity index (χ3v) is 9.07. The molecule has 5 aromatic carbocycles. The van der Waals surface area contributed by atoms with Crippen LogP contribution in [0.2, 0.25) is 0 Å². The molecule has 0 bridgehead atoms. The number of carbonyl (C=O) groups excluding carboxylic acids is 2. The van der Waals surface area contributed by atoms with Crippen LogP contribution in [-0.4, -0.2) is 47.8 Å². The molecule has 1 heterocycles. The number of esters is 1. The highest BCUT2D eigenvalue weighted by molar-refractivity contribution is 5.92. The Morgan fingerprint density at radius 3 is 1.96 bits per heavy atom. The first kappa shape index (κ1) is 36.5. The normalized spacial score (nSPS) is 17.6. The number of amides is 2. The summed E-state index contributed by atoms with van der Waals surface area (Å²) in [4.78, 5) is 28.1. The van der Waals surface area contributed by atoms with E-state index >= 15 is 0 Å². The number of carbonyl (C=O) groups is 2. The third kappa shape index (κ3) is 10.4. The Bertz CT molecular complexity index is 1820. The van der Waals surface area contributed by atoms with Gasteiger partial charge in [-0.25, -0.2) is 9.59 Å². The topological polar surface area (TPSA) is 109 Å². The lowest BCUT2D eigenvalue weighted by Gasteiger charge is -2.38. The van der Waals surface area contributed by atoms with Crippen LogP contribution in [0.15, 0.2) is 140 Å². The fraction of sp³-hybridized carbons (Fsp3) is 0.256. The van der Waals surface area contributed by atoms with Crippen molar-refractivity contribution >= 4 is 17.7 Å². The Labute approximate surface area is 305 Å². The van der Waals surface area contributed by atoms with Gasteiger partial charge in [-0.15, -0.1) is 0 Å². The summed E-state index contributed by atoms with van der Waals surface area (Å²) in [5.41, 5.74) is 6.41. The Balaban J connectivity index is 1.21. The Morgan fingerprint density at radius 1 is 0.750 bits per heavy atom. The van der Waals surface area contributed by atoms with Gasteiger partial charge in [-0.05, 0) is 39.9 Å². The van der Waals surface area contributed by atoms with E-state index in [0.717, 1.165) is 35.3 Å². The van der Waals surface area contributed by atoms with E-state index in [1.54, 1.807) is 6.07 Å². The van der Waals surface area contributed by atoms with E-state index < -0.39 is 24.3 Å². The number of ether oxygens (including phenoxy) is 3. The van der Waals surface area contributed by atoms with Crippen molar-refractivity contribution in [3.63, 3.8) is 0 Å². The first-order chi connectivity index (χ1) is 25.4. The number of rotatable bonds is 14. The number of urea groups is 1. The van der Waals surface area contributed by atoms with Crippen molar-refractivity contribution in [3.05, 3.63) is 173 Å². The fourth-order valence-corrected chi connectivity index (χ4v) is 6.46. The highest BCUT2D eigenvalue weighted by Gasteiger charge is 2.33. The van der Waals surface area contributed by atoms with E-state index in [4.69, 9.17) is 14.2 Å². The molecule has 0 aromatic heterocycles. The molecular formula is C43H45N3O6. The Morgan fingerprint density at radius 2 is 1.37 bits per heavy atom. The molecular weight excluding hydrogens is 654 g/mol. The minimum atomic E-state index is -0.867. The maximum Gasteiger partial charge on any atom is 0.328 e. The number of aliphatic hydroxyl groups excluding tert-OH is 1. The van der Waals surface area contributed by atoms with E-state index in [1.807, 2.05) is 84.9 Å². The number of methoxy groups -OCH3 is 1. The second-order valence-corrected chi connectivity index (χ2v) is 13.0. The van der Waals surface area contributed by atoms with Crippen molar-refractivity contribution in [1.82, 2.24) is 10.2 Å². The van der Waals surface area contributed by atoms with Gasteiger partial charge in [0, 0.05) is 43.7 Å². The van der Waals surface area contributed by atoms with E-state index in [9.17, 15) is 14.7 Å². The van der Waals surface area contributed by atoms with Gasteiger partial charge in [0.1, 0.15) is 6.04 Å². The molecule has 6 rings (SSSR count). The average Bonchev–Trinajstić information content (AvgIpc) is 3.18. The van der Waals surface area contributed by atoms with Gasteiger partial charge in [-0.2, -0.15) is 0 Å². The Kier molecular flexibility index (Phi) is 12.8. The van der Waals surface area contributed by atoms with Gasteiger partial charge < -0.3 is 30.0 Å². The molecule has 4 atom stereocenters. The summed E-state index contributed by atoms with van der Waals surface area (Å²) in [5, 5.41) is 15.3. The SMILES string of the molecule is COC(=O)C(Cc1ccccc1)NC(=O)Nc1cccc(C2OC(CN(Cc3ccccc3)Cc3ccccc3)CC(c3ccc(CO)cc3)O2)c1. The number of nitrogens with zero attached hydrogens (tertiary/aromatic N) is 1. The van der Waals surface area contributed by atoms with Crippen molar-refractivity contribution < 1.29 is 28.9 Å². The average molecular weight is 700 g/mol. The van der Waals surface area contributed by atoms with Crippen molar-refractivity contribution in [2.45, 2.75) is 57.1 Å². The minimum absolute atomic E-state index is 0.0336. The molecule has 5 aromatic rings. The van der Waals surface area contributed by atoms with Gasteiger partial charge in [0.25, 0.3) is 0 Å². The molecule has 268 valence electrons.